The predicted molar refractivity (Wildman–Crippen MR) is 84.8 cm³/mol. The molecule has 1 aromatic carbocycles. The van der Waals surface area contributed by atoms with Crippen LogP contribution in [0.2, 0.25) is 0 Å². The summed E-state index contributed by atoms with van der Waals surface area (Å²) in [5.74, 6) is 0.940. The molecule has 0 fully saturated rings. The molecule has 0 N–H and O–H groups in total. The number of para-hydroxylation sites is 1. The average Bonchev–Trinajstić information content (AvgIpc) is 2.97. The molecule has 21 heavy (non-hydrogen) atoms. The van der Waals surface area contributed by atoms with Crippen molar-refractivity contribution < 1.29 is 0 Å². The smallest absolute Gasteiger partial charge is 0.168 e. The maximum atomic E-state index is 4.48. The Hall–Kier alpha value is -2.43. The number of hydrogen-bond acceptors (Lipinski definition) is 4. The first-order valence-corrected chi connectivity index (χ1v) is 7.26. The number of nitrogens with zero attached hydrogens (tertiary/aromatic N) is 5. The average molecular weight is 281 g/mol. The summed E-state index contributed by atoms with van der Waals surface area (Å²) >= 11 is 0. The van der Waals surface area contributed by atoms with Crippen LogP contribution in [-0.2, 0) is 0 Å². The molecule has 0 bridgehead atoms. The third kappa shape index (κ3) is 2.59. The second-order valence-corrected chi connectivity index (χ2v) is 5.10. The van der Waals surface area contributed by atoms with Gasteiger partial charge in [0.2, 0.25) is 0 Å². The van der Waals surface area contributed by atoms with E-state index in [1.165, 1.54) is 6.42 Å². The van der Waals surface area contributed by atoms with E-state index in [1.54, 1.807) is 6.33 Å². The van der Waals surface area contributed by atoms with Gasteiger partial charge in [0.25, 0.3) is 0 Å². The quantitative estimate of drug-likeness (QED) is 0.721. The Morgan fingerprint density at radius 1 is 1.14 bits per heavy atom. The van der Waals surface area contributed by atoms with Crippen molar-refractivity contribution in [1.82, 2.24) is 19.7 Å². The molecule has 5 heteroatoms. The summed E-state index contributed by atoms with van der Waals surface area (Å²) in [5.41, 5.74) is 1.85. The lowest BCUT2D eigenvalue weighted by molar-refractivity contribution is 0.761. The van der Waals surface area contributed by atoms with Gasteiger partial charge in [-0.05, 0) is 18.6 Å². The van der Waals surface area contributed by atoms with Gasteiger partial charge in [-0.25, -0.2) is 14.6 Å². The number of aromatic nitrogens is 4. The first kappa shape index (κ1) is 13.5. The van der Waals surface area contributed by atoms with E-state index in [9.17, 15) is 0 Å². The largest absolute Gasteiger partial charge is 0.359 e. The summed E-state index contributed by atoms with van der Waals surface area (Å²) < 4.78 is 1.86. The van der Waals surface area contributed by atoms with Crippen LogP contribution in [0.15, 0.2) is 42.9 Å². The fraction of sp³-hybridized carbons (Fsp3) is 0.312. The van der Waals surface area contributed by atoms with Gasteiger partial charge in [-0.3, -0.25) is 0 Å². The Balaban J connectivity index is 2.04. The first-order chi connectivity index (χ1) is 10.3. The second kappa shape index (κ2) is 5.91. The van der Waals surface area contributed by atoms with Gasteiger partial charge in [-0.1, -0.05) is 31.5 Å². The van der Waals surface area contributed by atoms with Crippen LogP contribution in [0.25, 0.3) is 16.7 Å². The molecule has 0 aliphatic carbocycles. The molecule has 108 valence electrons. The van der Waals surface area contributed by atoms with Gasteiger partial charge in [0.1, 0.15) is 12.1 Å². The first-order valence-electron chi connectivity index (χ1n) is 7.26. The molecule has 0 aliphatic heterocycles. The SMILES string of the molecule is CCCCN(C)c1ncnc2c1cnn2-c1ccccc1. The van der Waals surface area contributed by atoms with Crippen LogP contribution in [0.3, 0.4) is 0 Å². The molecule has 0 saturated carbocycles. The normalized spacial score (nSPS) is 11.0. The topological polar surface area (TPSA) is 46.8 Å². The maximum absolute atomic E-state index is 4.48. The maximum Gasteiger partial charge on any atom is 0.168 e. The number of hydrogen-bond donors (Lipinski definition) is 0. The van der Waals surface area contributed by atoms with Crippen LogP contribution in [0, 0.1) is 0 Å². The fourth-order valence-corrected chi connectivity index (χ4v) is 2.40. The van der Waals surface area contributed by atoms with Crippen LogP contribution in [0.1, 0.15) is 19.8 Å². The number of fused-ring (bicyclic) bond motifs is 1. The molecule has 3 aromatic rings. The molecule has 2 aromatic heterocycles. The van der Waals surface area contributed by atoms with Crippen molar-refractivity contribution in [3.8, 4) is 5.69 Å². The minimum absolute atomic E-state index is 0.842. The van der Waals surface area contributed by atoms with E-state index in [4.69, 9.17) is 0 Å². The molecule has 0 radical (unpaired) electrons. The summed E-state index contributed by atoms with van der Waals surface area (Å²) in [6.07, 6.45) is 5.78. The summed E-state index contributed by atoms with van der Waals surface area (Å²) in [4.78, 5) is 11.0. The van der Waals surface area contributed by atoms with Crippen molar-refractivity contribution in [2.24, 2.45) is 0 Å². The Morgan fingerprint density at radius 3 is 2.71 bits per heavy atom. The number of unbranched alkanes of at least 4 members (excludes halogenated alkanes) is 1. The number of anilines is 1. The summed E-state index contributed by atoms with van der Waals surface area (Å²) in [7, 11) is 2.07. The van der Waals surface area contributed by atoms with Crippen LogP contribution >= 0.6 is 0 Å². The Labute approximate surface area is 124 Å². The van der Waals surface area contributed by atoms with Gasteiger partial charge in [0, 0.05) is 13.6 Å². The third-order valence-corrected chi connectivity index (χ3v) is 3.55. The van der Waals surface area contributed by atoms with Crippen LogP contribution < -0.4 is 4.90 Å². The van der Waals surface area contributed by atoms with Gasteiger partial charge in [-0.15, -0.1) is 0 Å². The second-order valence-electron chi connectivity index (χ2n) is 5.10. The minimum atomic E-state index is 0.842. The van der Waals surface area contributed by atoms with Crippen molar-refractivity contribution in [2.75, 3.05) is 18.5 Å². The zero-order chi connectivity index (χ0) is 14.7. The Morgan fingerprint density at radius 2 is 1.95 bits per heavy atom. The molecular formula is C16H19N5. The highest BCUT2D eigenvalue weighted by atomic mass is 15.3. The highest BCUT2D eigenvalue weighted by Gasteiger charge is 2.13. The molecule has 5 nitrogen and oxygen atoms in total. The van der Waals surface area contributed by atoms with Gasteiger partial charge < -0.3 is 4.90 Å². The summed E-state index contributed by atoms with van der Waals surface area (Å²) in [6, 6.07) is 10.0. The number of rotatable bonds is 5. The van der Waals surface area contributed by atoms with Crippen molar-refractivity contribution in [3.63, 3.8) is 0 Å². The molecule has 0 amide bonds. The molecule has 0 aliphatic rings. The predicted octanol–water partition coefficient (Wildman–Crippen LogP) is 3.05. The Bertz CT molecular complexity index is 720. The lowest BCUT2D eigenvalue weighted by Crippen LogP contribution is -2.19. The van der Waals surface area contributed by atoms with Crippen molar-refractivity contribution in [3.05, 3.63) is 42.9 Å². The fourth-order valence-electron chi connectivity index (χ4n) is 2.40. The van der Waals surface area contributed by atoms with Gasteiger partial charge in [-0.2, -0.15) is 5.10 Å². The van der Waals surface area contributed by atoms with E-state index in [1.807, 2.05) is 41.2 Å². The highest BCUT2D eigenvalue weighted by molar-refractivity contribution is 5.87. The van der Waals surface area contributed by atoms with E-state index < -0.39 is 0 Å². The monoisotopic (exact) mass is 281 g/mol. The van der Waals surface area contributed by atoms with Crippen molar-refractivity contribution in [1.29, 1.82) is 0 Å². The van der Waals surface area contributed by atoms with Crippen LogP contribution in [-0.4, -0.2) is 33.3 Å². The lowest BCUT2D eigenvalue weighted by atomic mass is 10.3. The van der Waals surface area contributed by atoms with E-state index >= 15 is 0 Å². The lowest BCUT2D eigenvalue weighted by Gasteiger charge is -2.17. The summed E-state index contributed by atoms with van der Waals surface area (Å²) in [6.45, 7) is 3.18. The number of benzene rings is 1. The van der Waals surface area contributed by atoms with Crippen LogP contribution in [0.5, 0.6) is 0 Å². The molecule has 0 spiro atoms. The van der Waals surface area contributed by atoms with Crippen molar-refractivity contribution >= 4 is 16.9 Å². The highest BCUT2D eigenvalue weighted by Crippen LogP contribution is 2.23. The van der Waals surface area contributed by atoms with Gasteiger partial charge >= 0.3 is 0 Å². The van der Waals surface area contributed by atoms with Crippen LogP contribution in [0.4, 0.5) is 5.82 Å². The zero-order valence-corrected chi connectivity index (χ0v) is 12.4. The zero-order valence-electron chi connectivity index (χ0n) is 12.4. The van der Waals surface area contributed by atoms with Gasteiger partial charge in [0.05, 0.1) is 17.3 Å². The van der Waals surface area contributed by atoms with Crippen molar-refractivity contribution in [2.45, 2.75) is 19.8 Å². The molecule has 2 heterocycles. The minimum Gasteiger partial charge on any atom is -0.359 e. The molecule has 0 unspecified atom stereocenters. The third-order valence-electron chi connectivity index (χ3n) is 3.55. The standard InChI is InChI=1S/C16H19N5/c1-3-4-10-20(2)15-14-11-19-21(16(14)18-12-17-15)13-8-6-5-7-9-13/h5-9,11-12H,3-4,10H2,1-2H3. The summed E-state index contributed by atoms with van der Waals surface area (Å²) in [5, 5.41) is 5.46. The molecule has 0 atom stereocenters. The van der Waals surface area contributed by atoms with Gasteiger partial charge in [0.15, 0.2) is 5.65 Å². The molecular weight excluding hydrogens is 262 g/mol. The Kier molecular flexibility index (Phi) is 3.81. The molecule has 0 saturated heterocycles. The van der Waals surface area contributed by atoms with E-state index in [2.05, 4.69) is 33.9 Å². The van der Waals surface area contributed by atoms with E-state index in [0.29, 0.717) is 0 Å². The van der Waals surface area contributed by atoms with E-state index in [0.717, 1.165) is 35.5 Å². The molecule has 3 rings (SSSR count). The van der Waals surface area contributed by atoms with E-state index in [-0.39, 0.29) is 0 Å².